The lowest BCUT2D eigenvalue weighted by Crippen LogP contribution is -2.44. The summed E-state index contributed by atoms with van der Waals surface area (Å²) in [6, 6.07) is 10.0. The molecule has 2 rings (SSSR count). The molecule has 3 atom stereocenters. The van der Waals surface area contributed by atoms with Crippen LogP contribution in [0.4, 0.5) is 0 Å². The van der Waals surface area contributed by atoms with Gasteiger partial charge < -0.3 is 9.47 Å². The second kappa shape index (κ2) is 5.21. The van der Waals surface area contributed by atoms with E-state index in [2.05, 4.69) is 0 Å². The first-order valence-electron chi connectivity index (χ1n) is 6.37. The highest BCUT2D eigenvalue weighted by atomic mass is 16.6. The van der Waals surface area contributed by atoms with Crippen LogP contribution in [-0.4, -0.2) is 24.6 Å². The molecule has 0 aromatic heterocycles. The number of hydrogen-bond donors (Lipinski definition) is 0. The molecule has 0 spiro atoms. The van der Waals surface area contributed by atoms with E-state index in [0.717, 1.165) is 12.0 Å². The SMILES string of the molecule is CO[C@@]1(C)C(=O)CC[C@@H]1OC(C)c1ccccc1. The molecule has 1 unspecified atom stereocenters. The summed E-state index contributed by atoms with van der Waals surface area (Å²) in [6.07, 6.45) is 1.08. The smallest absolute Gasteiger partial charge is 0.167 e. The average molecular weight is 248 g/mol. The van der Waals surface area contributed by atoms with Crippen LogP contribution in [0.2, 0.25) is 0 Å². The van der Waals surface area contributed by atoms with Crippen molar-refractivity contribution in [2.75, 3.05) is 7.11 Å². The maximum atomic E-state index is 11.9. The highest BCUT2D eigenvalue weighted by Gasteiger charge is 2.47. The Labute approximate surface area is 108 Å². The normalized spacial score (nSPS) is 29.5. The number of carbonyl (C=O) groups excluding carboxylic acids is 1. The van der Waals surface area contributed by atoms with Crippen LogP contribution >= 0.6 is 0 Å². The summed E-state index contributed by atoms with van der Waals surface area (Å²) >= 11 is 0. The van der Waals surface area contributed by atoms with Crippen LogP contribution in [0, 0.1) is 0 Å². The van der Waals surface area contributed by atoms with E-state index in [-0.39, 0.29) is 18.0 Å². The monoisotopic (exact) mass is 248 g/mol. The number of benzene rings is 1. The van der Waals surface area contributed by atoms with Gasteiger partial charge in [0.25, 0.3) is 0 Å². The largest absolute Gasteiger partial charge is 0.368 e. The fourth-order valence-electron chi connectivity index (χ4n) is 2.46. The fraction of sp³-hybridized carbons (Fsp3) is 0.533. The lowest BCUT2D eigenvalue weighted by atomic mass is 10.0. The molecule has 0 bridgehead atoms. The number of methoxy groups -OCH3 is 1. The van der Waals surface area contributed by atoms with Gasteiger partial charge in [0.1, 0.15) is 5.60 Å². The van der Waals surface area contributed by atoms with E-state index in [4.69, 9.17) is 9.47 Å². The Balaban J connectivity index is 2.08. The zero-order valence-corrected chi connectivity index (χ0v) is 11.2. The van der Waals surface area contributed by atoms with Crippen LogP contribution in [0.3, 0.4) is 0 Å². The van der Waals surface area contributed by atoms with E-state index in [0.29, 0.717) is 6.42 Å². The van der Waals surface area contributed by atoms with Gasteiger partial charge in [0.2, 0.25) is 0 Å². The molecule has 1 saturated carbocycles. The molecule has 0 saturated heterocycles. The Bertz CT molecular complexity index is 415. The molecule has 0 amide bonds. The maximum Gasteiger partial charge on any atom is 0.167 e. The van der Waals surface area contributed by atoms with Gasteiger partial charge in [-0.1, -0.05) is 30.3 Å². The molecule has 3 heteroatoms. The molecule has 0 N–H and O–H groups in total. The molecular weight excluding hydrogens is 228 g/mol. The van der Waals surface area contributed by atoms with E-state index in [9.17, 15) is 4.79 Å². The number of hydrogen-bond acceptors (Lipinski definition) is 3. The number of Topliss-reactive ketones (excluding diaryl/α,β-unsaturated/α-hetero) is 1. The summed E-state index contributed by atoms with van der Waals surface area (Å²) in [5, 5.41) is 0. The van der Waals surface area contributed by atoms with E-state index in [1.165, 1.54) is 0 Å². The van der Waals surface area contributed by atoms with Gasteiger partial charge in [-0.05, 0) is 25.8 Å². The quantitative estimate of drug-likeness (QED) is 0.822. The number of carbonyl (C=O) groups is 1. The van der Waals surface area contributed by atoms with E-state index in [1.807, 2.05) is 44.2 Å². The van der Waals surface area contributed by atoms with Gasteiger partial charge in [-0.3, -0.25) is 4.79 Å². The number of rotatable bonds is 4. The molecule has 1 aliphatic carbocycles. The van der Waals surface area contributed by atoms with Crippen molar-refractivity contribution in [1.82, 2.24) is 0 Å². The van der Waals surface area contributed by atoms with Crippen molar-refractivity contribution in [3.8, 4) is 0 Å². The van der Waals surface area contributed by atoms with Crippen LogP contribution in [0.25, 0.3) is 0 Å². The summed E-state index contributed by atoms with van der Waals surface area (Å²) in [4.78, 5) is 11.9. The van der Waals surface area contributed by atoms with Crippen LogP contribution in [0.15, 0.2) is 30.3 Å². The van der Waals surface area contributed by atoms with Crippen molar-refractivity contribution < 1.29 is 14.3 Å². The predicted octanol–water partition coefficient (Wildman–Crippen LogP) is 2.90. The standard InChI is InChI=1S/C15H20O3/c1-11(12-7-5-4-6-8-12)18-14-10-9-13(16)15(14,2)17-3/h4-8,11,14H,9-10H2,1-3H3/t11?,14-,15-/m0/s1. The van der Waals surface area contributed by atoms with Gasteiger partial charge in [0, 0.05) is 13.5 Å². The fourth-order valence-corrected chi connectivity index (χ4v) is 2.46. The van der Waals surface area contributed by atoms with Crippen molar-refractivity contribution >= 4 is 5.78 Å². The molecule has 98 valence electrons. The minimum atomic E-state index is -0.789. The third-order valence-corrected chi connectivity index (χ3v) is 3.86. The van der Waals surface area contributed by atoms with Crippen molar-refractivity contribution in [1.29, 1.82) is 0 Å². The van der Waals surface area contributed by atoms with Gasteiger partial charge in [-0.15, -0.1) is 0 Å². The van der Waals surface area contributed by atoms with Crippen molar-refractivity contribution in [2.45, 2.75) is 44.5 Å². The topological polar surface area (TPSA) is 35.5 Å². The predicted molar refractivity (Wildman–Crippen MR) is 69.4 cm³/mol. The number of ketones is 1. The van der Waals surface area contributed by atoms with E-state index < -0.39 is 5.60 Å². The molecule has 0 aliphatic heterocycles. The first kappa shape index (κ1) is 13.2. The second-order valence-electron chi connectivity index (χ2n) is 4.95. The molecule has 1 aromatic rings. The minimum absolute atomic E-state index is 0.0309. The summed E-state index contributed by atoms with van der Waals surface area (Å²) < 4.78 is 11.4. The Kier molecular flexibility index (Phi) is 3.83. The molecule has 0 radical (unpaired) electrons. The van der Waals surface area contributed by atoms with Crippen molar-refractivity contribution in [2.24, 2.45) is 0 Å². The molecule has 1 aromatic carbocycles. The van der Waals surface area contributed by atoms with Crippen LogP contribution < -0.4 is 0 Å². The van der Waals surface area contributed by atoms with Crippen LogP contribution in [-0.2, 0) is 14.3 Å². The van der Waals surface area contributed by atoms with E-state index in [1.54, 1.807) is 7.11 Å². The maximum absolute atomic E-state index is 11.9. The van der Waals surface area contributed by atoms with Gasteiger partial charge >= 0.3 is 0 Å². The average Bonchev–Trinajstić information content (AvgIpc) is 2.68. The third-order valence-electron chi connectivity index (χ3n) is 3.86. The summed E-state index contributed by atoms with van der Waals surface area (Å²) in [5.74, 6) is 0.135. The summed E-state index contributed by atoms with van der Waals surface area (Å²) in [7, 11) is 1.58. The Hall–Kier alpha value is -1.19. The molecule has 1 aliphatic rings. The Morgan fingerprint density at radius 3 is 2.61 bits per heavy atom. The van der Waals surface area contributed by atoms with Gasteiger partial charge in [-0.25, -0.2) is 0 Å². The minimum Gasteiger partial charge on any atom is -0.368 e. The summed E-state index contributed by atoms with van der Waals surface area (Å²) in [6.45, 7) is 3.83. The van der Waals surface area contributed by atoms with Gasteiger partial charge in [0.15, 0.2) is 5.78 Å². The van der Waals surface area contributed by atoms with Crippen molar-refractivity contribution in [3.05, 3.63) is 35.9 Å². The first-order valence-corrected chi connectivity index (χ1v) is 6.37. The Morgan fingerprint density at radius 2 is 2.00 bits per heavy atom. The summed E-state index contributed by atoms with van der Waals surface area (Å²) in [5.41, 5.74) is 0.332. The van der Waals surface area contributed by atoms with E-state index >= 15 is 0 Å². The van der Waals surface area contributed by atoms with Crippen molar-refractivity contribution in [3.63, 3.8) is 0 Å². The lowest BCUT2D eigenvalue weighted by Gasteiger charge is -2.30. The zero-order chi connectivity index (χ0) is 13.2. The second-order valence-corrected chi connectivity index (χ2v) is 4.95. The zero-order valence-electron chi connectivity index (χ0n) is 11.2. The lowest BCUT2D eigenvalue weighted by molar-refractivity contribution is -0.154. The molecule has 0 heterocycles. The van der Waals surface area contributed by atoms with Crippen LogP contribution in [0.1, 0.15) is 38.4 Å². The van der Waals surface area contributed by atoms with Crippen LogP contribution in [0.5, 0.6) is 0 Å². The van der Waals surface area contributed by atoms with Gasteiger partial charge in [0.05, 0.1) is 12.2 Å². The third kappa shape index (κ3) is 2.33. The molecular formula is C15H20O3. The Morgan fingerprint density at radius 1 is 1.33 bits per heavy atom. The molecule has 1 fully saturated rings. The highest BCUT2D eigenvalue weighted by Crippen LogP contribution is 2.35. The first-order chi connectivity index (χ1) is 8.58. The molecule has 18 heavy (non-hydrogen) atoms. The molecule has 3 nitrogen and oxygen atoms in total. The highest BCUT2D eigenvalue weighted by molar-refractivity contribution is 5.90. The number of ether oxygens (including phenoxy) is 2. The van der Waals surface area contributed by atoms with Gasteiger partial charge in [-0.2, -0.15) is 0 Å².